The predicted octanol–water partition coefficient (Wildman–Crippen LogP) is 4.87. The minimum absolute atomic E-state index is 0.0650. The first-order valence-electron chi connectivity index (χ1n) is 11.7. The lowest BCUT2D eigenvalue weighted by atomic mass is 9.98. The Morgan fingerprint density at radius 3 is 2.22 bits per heavy atom. The minimum Gasteiger partial charge on any atom is -0.368 e. The van der Waals surface area contributed by atoms with Crippen LogP contribution >= 0.6 is 0 Å². The van der Waals surface area contributed by atoms with E-state index in [1.807, 2.05) is 29.2 Å². The van der Waals surface area contributed by atoms with Gasteiger partial charge in [0, 0.05) is 43.5 Å². The van der Waals surface area contributed by atoms with Crippen molar-refractivity contribution >= 4 is 23.2 Å². The third kappa shape index (κ3) is 6.55. The van der Waals surface area contributed by atoms with Crippen molar-refractivity contribution in [2.75, 3.05) is 36.4 Å². The number of carbonyl (C=O) groups excluding carboxylic acids is 2. The highest BCUT2D eigenvalue weighted by Gasteiger charge is 2.22. The predicted molar refractivity (Wildman–Crippen MR) is 127 cm³/mol. The van der Waals surface area contributed by atoms with E-state index in [1.165, 1.54) is 12.1 Å². The maximum absolute atomic E-state index is 13.0. The Morgan fingerprint density at radius 1 is 0.969 bits per heavy atom. The van der Waals surface area contributed by atoms with Crippen molar-refractivity contribution in [3.8, 4) is 0 Å². The molecular weight excluding hydrogens is 405 g/mol. The van der Waals surface area contributed by atoms with Crippen LogP contribution in [0.1, 0.15) is 45.1 Å². The van der Waals surface area contributed by atoms with Crippen LogP contribution in [0.15, 0.2) is 48.5 Å². The van der Waals surface area contributed by atoms with Crippen LogP contribution in [0.25, 0.3) is 0 Å². The zero-order valence-electron chi connectivity index (χ0n) is 19.1. The van der Waals surface area contributed by atoms with Gasteiger partial charge in [0.15, 0.2) is 0 Å². The van der Waals surface area contributed by atoms with E-state index in [0.717, 1.165) is 55.7 Å². The van der Waals surface area contributed by atoms with Gasteiger partial charge in [-0.3, -0.25) is 9.59 Å². The summed E-state index contributed by atoms with van der Waals surface area (Å²) in [5.74, 6) is -0.0536. The van der Waals surface area contributed by atoms with Gasteiger partial charge in [0.05, 0.1) is 6.42 Å². The van der Waals surface area contributed by atoms with Gasteiger partial charge in [0.2, 0.25) is 11.8 Å². The van der Waals surface area contributed by atoms with Crippen molar-refractivity contribution in [3.05, 3.63) is 59.9 Å². The van der Waals surface area contributed by atoms with Crippen molar-refractivity contribution in [2.24, 2.45) is 5.92 Å². The quantitative estimate of drug-likeness (QED) is 0.606. The van der Waals surface area contributed by atoms with Gasteiger partial charge in [-0.15, -0.1) is 0 Å². The third-order valence-electron chi connectivity index (χ3n) is 6.17. The number of hydrogen-bond donors (Lipinski definition) is 1. The highest BCUT2D eigenvalue weighted by atomic mass is 19.1. The Labute approximate surface area is 190 Å². The van der Waals surface area contributed by atoms with Crippen LogP contribution in [0.2, 0.25) is 0 Å². The van der Waals surface area contributed by atoms with Gasteiger partial charge in [-0.05, 0) is 54.8 Å². The number of carbonyl (C=O) groups is 2. The number of halogens is 1. The molecule has 2 aromatic carbocycles. The van der Waals surface area contributed by atoms with Crippen molar-refractivity contribution in [1.82, 2.24) is 4.90 Å². The first-order chi connectivity index (χ1) is 15.5. The molecule has 1 aliphatic heterocycles. The largest absolute Gasteiger partial charge is 0.368 e. The molecule has 1 saturated heterocycles. The number of piperazine rings is 1. The Kier molecular flexibility index (Phi) is 8.65. The van der Waals surface area contributed by atoms with Crippen LogP contribution in [-0.4, -0.2) is 42.9 Å². The number of benzene rings is 2. The fourth-order valence-electron chi connectivity index (χ4n) is 4.07. The lowest BCUT2D eigenvalue weighted by Crippen LogP contribution is -2.49. The molecule has 6 heteroatoms. The summed E-state index contributed by atoms with van der Waals surface area (Å²) in [5.41, 5.74) is 2.74. The van der Waals surface area contributed by atoms with Crippen LogP contribution in [0.4, 0.5) is 15.8 Å². The summed E-state index contributed by atoms with van der Waals surface area (Å²) in [7, 11) is 0. The van der Waals surface area contributed by atoms with Gasteiger partial charge in [-0.2, -0.15) is 0 Å². The van der Waals surface area contributed by atoms with Gasteiger partial charge < -0.3 is 15.1 Å². The number of anilines is 2. The molecule has 1 heterocycles. The van der Waals surface area contributed by atoms with Crippen LogP contribution in [0.3, 0.4) is 0 Å². The van der Waals surface area contributed by atoms with Crippen molar-refractivity contribution < 1.29 is 14.0 Å². The average Bonchev–Trinajstić information content (AvgIpc) is 2.81. The van der Waals surface area contributed by atoms with Crippen LogP contribution < -0.4 is 10.2 Å². The summed E-state index contributed by atoms with van der Waals surface area (Å²) >= 11 is 0. The molecule has 32 heavy (non-hydrogen) atoms. The molecule has 1 atom stereocenters. The van der Waals surface area contributed by atoms with E-state index in [1.54, 1.807) is 12.1 Å². The lowest BCUT2D eigenvalue weighted by molar-refractivity contribution is -0.130. The van der Waals surface area contributed by atoms with Gasteiger partial charge in [-0.1, -0.05) is 38.8 Å². The van der Waals surface area contributed by atoms with E-state index < -0.39 is 0 Å². The average molecular weight is 440 g/mol. The molecule has 5 nitrogen and oxygen atoms in total. The van der Waals surface area contributed by atoms with Crippen LogP contribution in [-0.2, 0) is 16.0 Å². The summed E-state index contributed by atoms with van der Waals surface area (Å²) in [6, 6.07) is 14.1. The van der Waals surface area contributed by atoms with Crippen molar-refractivity contribution in [1.29, 1.82) is 0 Å². The molecule has 0 aliphatic carbocycles. The summed E-state index contributed by atoms with van der Waals surface area (Å²) < 4.78 is 13.0. The molecule has 2 amide bonds. The van der Waals surface area contributed by atoms with E-state index >= 15 is 0 Å². The number of amides is 2. The van der Waals surface area contributed by atoms with E-state index in [4.69, 9.17) is 0 Å². The SMILES string of the molecule is CCCCC(CC)C(=O)Nc1ccc(N2CCN(C(=O)Cc3ccc(F)cc3)CC2)cc1. The van der Waals surface area contributed by atoms with E-state index in [0.29, 0.717) is 19.5 Å². The summed E-state index contributed by atoms with van der Waals surface area (Å²) in [6.45, 7) is 7.05. The van der Waals surface area contributed by atoms with Gasteiger partial charge in [0.1, 0.15) is 5.82 Å². The van der Waals surface area contributed by atoms with E-state index in [9.17, 15) is 14.0 Å². The number of nitrogens with one attached hydrogen (secondary N) is 1. The standard InChI is InChI=1S/C26H34FN3O2/c1-3-5-6-21(4-2)26(32)28-23-11-13-24(14-12-23)29-15-17-30(18-16-29)25(31)19-20-7-9-22(27)10-8-20/h7-14,21H,3-6,15-19H2,1-2H3,(H,28,32). The Balaban J connectivity index is 1.48. The molecule has 0 radical (unpaired) electrons. The lowest BCUT2D eigenvalue weighted by Gasteiger charge is -2.36. The molecule has 1 unspecified atom stereocenters. The Morgan fingerprint density at radius 2 is 1.62 bits per heavy atom. The molecule has 0 spiro atoms. The molecular formula is C26H34FN3O2. The highest BCUT2D eigenvalue weighted by molar-refractivity contribution is 5.92. The number of nitrogens with zero attached hydrogens (tertiary/aromatic N) is 2. The van der Waals surface area contributed by atoms with Crippen molar-refractivity contribution in [3.63, 3.8) is 0 Å². The fraction of sp³-hybridized carbons (Fsp3) is 0.462. The van der Waals surface area contributed by atoms with Crippen molar-refractivity contribution in [2.45, 2.75) is 46.0 Å². The maximum atomic E-state index is 13.0. The molecule has 0 saturated carbocycles. The third-order valence-corrected chi connectivity index (χ3v) is 6.17. The highest BCUT2D eigenvalue weighted by Crippen LogP contribution is 2.21. The zero-order chi connectivity index (χ0) is 22.9. The van der Waals surface area contributed by atoms with Crippen LogP contribution in [0.5, 0.6) is 0 Å². The second-order valence-corrected chi connectivity index (χ2v) is 8.45. The van der Waals surface area contributed by atoms with E-state index in [-0.39, 0.29) is 23.5 Å². The first-order valence-corrected chi connectivity index (χ1v) is 11.7. The monoisotopic (exact) mass is 439 g/mol. The Hall–Kier alpha value is -2.89. The summed E-state index contributed by atoms with van der Waals surface area (Å²) in [5, 5.41) is 3.05. The topological polar surface area (TPSA) is 52.7 Å². The second-order valence-electron chi connectivity index (χ2n) is 8.45. The molecule has 0 bridgehead atoms. The second kappa shape index (κ2) is 11.7. The molecule has 1 N–H and O–H groups in total. The normalized spacial score (nSPS) is 14.8. The fourth-order valence-corrected chi connectivity index (χ4v) is 4.07. The number of hydrogen-bond acceptors (Lipinski definition) is 3. The van der Waals surface area contributed by atoms with Crippen LogP contribution in [0, 0.1) is 11.7 Å². The summed E-state index contributed by atoms with van der Waals surface area (Å²) in [4.78, 5) is 29.2. The summed E-state index contributed by atoms with van der Waals surface area (Å²) in [6.07, 6.45) is 4.26. The first kappa shape index (κ1) is 23.8. The van der Waals surface area contributed by atoms with Gasteiger partial charge in [-0.25, -0.2) is 4.39 Å². The number of rotatable bonds is 9. The molecule has 1 fully saturated rings. The molecule has 1 aliphatic rings. The minimum atomic E-state index is -0.290. The maximum Gasteiger partial charge on any atom is 0.227 e. The molecule has 3 rings (SSSR count). The molecule has 2 aromatic rings. The van der Waals surface area contributed by atoms with Gasteiger partial charge in [0.25, 0.3) is 0 Å². The zero-order valence-corrected chi connectivity index (χ0v) is 19.1. The van der Waals surface area contributed by atoms with Gasteiger partial charge >= 0.3 is 0 Å². The molecule has 0 aromatic heterocycles. The Bertz CT molecular complexity index is 875. The van der Waals surface area contributed by atoms with E-state index in [2.05, 4.69) is 24.1 Å². The smallest absolute Gasteiger partial charge is 0.227 e. The number of unbranched alkanes of at least 4 members (excludes halogenated alkanes) is 1. The molecule has 172 valence electrons.